The molecule has 7 amide bonds. The molecule has 1 aromatic rings. The van der Waals surface area contributed by atoms with Gasteiger partial charge in [0.1, 0.15) is 36.3 Å². The Balaban J connectivity index is 3.24. The monoisotopic (exact) mass is 1180 g/mol. The van der Waals surface area contributed by atoms with E-state index in [4.69, 9.17) is 22.6 Å². The van der Waals surface area contributed by atoms with Crippen LogP contribution in [0, 0.1) is 23.2 Å². The molecule has 79 heavy (non-hydrogen) atoms. The van der Waals surface area contributed by atoms with Crippen LogP contribution in [0.3, 0.4) is 0 Å². The molecule has 0 spiro atoms. The number of carbonyl (C=O) groups excluding carboxylic acids is 8. The van der Waals surface area contributed by atoms with Gasteiger partial charge in [0, 0.05) is 23.6 Å². The van der Waals surface area contributed by atoms with Crippen LogP contribution in [0.25, 0.3) is 0 Å². The topological polar surface area (TPSA) is 426 Å². The first-order valence-electron chi connectivity index (χ1n) is 26.1. The Morgan fingerprint density at radius 2 is 1.20 bits per heavy atom. The lowest BCUT2D eigenvalue weighted by Crippen LogP contribution is -2.61. The maximum absolute atomic E-state index is 14.1. The summed E-state index contributed by atoms with van der Waals surface area (Å²) in [6, 6.07) is -6.54. The van der Waals surface area contributed by atoms with Crippen molar-refractivity contribution in [2.75, 3.05) is 24.3 Å². The van der Waals surface area contributed by atoms with Crippen LogP contribution in [0.4, 0.5) is 3.89 Å². The number of unbranched alkanes of at least 4 members (excludes halogenated alkanes) is 1. The number of ketones is 1. The minimum atomic E-state index is -5.11. The van der Waals surface area contributed by atoms with Crippen molar-refractivity contribution in [3.05, 3.63) is 24.3 Å². The smallest absolute Gasteiger partial charge is 0.332 e. The molecule has 0 fully saturated rings. The predicted octanol–water partition coefficient (Wildman–Crippen LogP) is -0.136. The molecule has 0 saturated carbocycles. The Morgan fingerprint density at radius 3 is 1.76 bits per heavy atom. The zero-order chi connectivity index (χ0) is 60.3. The van der Waals surface area contributed by atoms with Crippen LogP contribution in [0.1, 0.15) is 113 Å². The van der Waals surface area contributed by atoms with Gasteiger partial charge in [0.2, 0.25) is 41.4 Å². The number of amides is 7. The fraction of sp³-hybridized carbons (Fsp3) is 0.680. The normalized spacial score (nSPS) is 15.4. The lowest BCUT2D eigenvalue weighted by molar-refractivity contribution is -0.142. The van der Waals surface area contributed by atoms with Crippen molar-refractivity contribution < 1.29 is 65.7 Å². The minimum Gasteiger partial charge on any atom is -0.480 e. The van der Waals surface area contributed by atoms with Gasteiger partial charge in [0.15, 0.2) is 11.7 Å². The van der Waals surface area contributed by atoms with Crippen molar-refractivity contribution >= 4 is 92.8 Å². The van der Waals surface area contributed by atoms with Crippen molar-refractivity contribution in [3.63, 3.8) is 0 Å². The van der Waals surface area contributed by atoms with E-state index in [-0.39, 0.29) is 98.1 Å². The number of halogens is 1. The third-order valence-electron chi connectivity index (χ3n) is 12.1. The predicted molar refractivity (Wildman–Crippen MR) is 299 cm³/mol. The largest absolute Gasteiger partial charge is 0.480 e. The molecule has 0 bridgehead atoms. The second-order valence-electron chi connectivity index (χ2n) is 20.4. The number of aliphatic hydroxyl groups is 1. The number of Topliss-reactive ketones (excluding diaryl/α,β-unsaturated/α-hetero) is 1. The maximum Gasteiger partial charge on any atom is 0.332 e. The lowest BCUT2D eigenvalue weighted by Gasteiger charge is -2.29. The van der Waals surface area contributed by atoms with E-state index in [1.54, 1.807) is 41.5 Å². The zero-order valence-electron chi connectivity index (χ0n) is 46.5. The lowest BCUT2D eigenvalue weighted by atomic mass is 10.0. The molecule has 1 aromatic carbocycles. The molecule has 0 heterocycles. The van der Waals surface area contributed by atoms with E-state index in [2.05, 4.69) is 42.5 Å². The van der Waals surface area contributed by atoms with Crippen LogP contribution in [-0.4, -0.2) is 162 Å². The fourth-order valence-corrected chi connectivity index (χ4v) is 9.53. The number of benzene rings is 1. The molecule has 0 aliphatic rings. The van der Waals surface area contributed by atoms with E-state index in [1.807, 2.05) is 6.26 Å². The van der Waals surface area contributed by atoms with Crippen molar-refractivity contribution in [3.8, 4) is 0 Å². The first-order chi connectivity index (χ1) is 36.8. The number of nitrogens with one attached hydrogen (secondary N) is 9. The Morgan fingerprint density at radius 1 is 0.671 bits per heavy atom. The summed E-state index contributed by atoms with van der Waals surface area (Å²) < 4.78 is 37.0. The zero-order valence-corrected chi connectivity index (χ0v) is 49.0. The Bertz CT molecular complexity index is 2330. The highest BCUT2D eigenvalue weighted by Gasteiger charge is 2.35. The molecule has 10 atom stereocenters. The summed E-state index contributed by atoms with van der Waals surface area (Å²) in [6.07, 6.45) is 1.22. The molecule has 0 aliphatic carbocycles. The van der Waals surface area contributed by atoms with E-state index in [1.165, 1.54) is 37.7 Å². The highest BCUT2D eigenvalue weighted by molar-refractivity contribution is 7.99. The molecule has 29 heteroatoms. The number of nitrogens with two attached hydrogens (primary N) is 3. The van der Waals surface area contributed by atoms with Crippen molar-refractivity contribution in [1.82, 2.24) is 42.5 Å². The number of rotatable bonds is 38. The summed E-state index contributed by atoms with van der Waals surface area (Å²) in [7, 11) is -5.11. The summed E-state index contributed by atoms with van der Waals surface area (Å²) in [6.45, 7) is 13.3. The highest BCUT2D eigenvalue weighted by atomic mass is 32.3. The Labute approximate surface area is 471 Å². The average molecular weight is 1180 g/mol. The first kappa shape index (κ1) is 71.4. The number of aliphatic hydroxyl groups excluding tert-OH is 1. The molecule has 0 aromatic heterocycles. The molecule has 448 valence electrons. The maximum atomic E-state index is 14.1. The molecule has 0 unspecified atom stereocenters. The molecule has 25 nitrogen and oxygen atoms in total. The van der Waals surface area contributed by atoms with Crippen LogP contribution < -0.4 is 59.7 Å². The van der Waals surface area contributed by atoms with Crippen molar-refractivity contribution in [2.24, 2.45) is 35.0 Å². The second-order valence-corrected chi connectivity index (χ2v) is 23.9. The van der Waals surface area contributed by atoms with Gasteiger partial charge in [0.05, 0.1) is 29.1 Å². The van der Waals surface area contributed by atoms with Crippen molar-refractivity contribution in [1.29, 1.82) is 5.41 Å². The Kier molecular flexibility index (Phi) is 32.4. The van der Waals surface area contributed by atoms with E-state index < -0.39 is 123 Å². The standard InChI is InChI=1S/C50H85FN12O13S3/c1-26(2)22-36(45(69)62-38(46(70)61-37(49(73)74)23-27(3)4)25-78-31-14-12-15-32(24-31)79(51,75)76)60-48(72)41(30(8)64)63-44(68)34(17-13-20-56-50(54)55)58-42(66)33(52)16-10-11-18-39(65)29(7)57-43(67)35(19-21-77-9)59-47(71)40(53)28(5)6/h12,14-15,24,26-30,33-38,40-41,64H,10-11,13,16-23,25,52-53H2,1-9H3,(H,57,67)(H,58,66)(H,59,71)(H,60,72)(H,61,70)(H,62,69)(H,63,68)(H,73,74)(H4,54,55,56)/t29-,30+,33-,34-,35-,36-,37-,38-,40-,41-/m0/s1. The fourth-order valence-electron chi connectivity index (χ4n) is 7.50. The van der Waals surface area contributed by atoms with Gasteiger partial charge in [-0.25, -0.2) is 4.79 Å². The summed E-state index contributed by atoms with van der Waals surface area (Å²) in [5.74, 6) is -8.08. The van der Waals surface area contributed by atoms with Gasteiger partial charge in [-0.15, -0.1) is 15.6 Å². The molecular weight excluding hydrogens is 1090 g/mol. The van der Waals surface area contributed by atoms with Gasteiger partial charge in [-0.1, -0.05) is 54.0 Å². The number of carbonyl (C=O) groups is 9. The van der Waals surface area contributed by atoms with E-state index in [0.29, 0.717) is 12.2 Å². The third-order valence-corrected chi connectivity index (χ3v) is 14.7. The van der Waals surface area contributed by atoms with E-state index >= 15 is 0 Å². The quantitative estimate of drug-likeness (QED) is 0.0135. The molecule has 1 rings (SSSR count). The first-order valence-corrected chi connectivity index (χ1v) is 29.9. The summed E-state index contributed by atoms with van der Waals surface area (Å²) in [4.78, 5) is 120. The van der Waals surface area contributed by atoms with Gasteiger partial charge < -0.3 is 69.9 Å². The van der Waals surface area contributed by atoms with Crippen LogP contribution in [-0.2, 0) is 53.4 Å². The third kappa shape index (κ3) is 27.9. The number of thioether (sulfide) groups is 2. The van der Waals surface area contributed by atoms with Crippen LogP contribution in [0.2, 0.25) is 0 Å². The van der Waals surface area contributed by atoms with Gasteiger partial charge in [-0.2, -0.15) is 20.2 Å². The number of carboxylic acid groups (broad SMARTS) is 1. The molecular formula is C50H85FN12O13S3. The summed E-state index contributed by atoms with van der Waals surface area (Å²) in [5.41, 5.74) is 17.6. The SMILES string of the molecule is CSCC[C@H](NC(=O)[C@@H](N)C(C)C)C(=O)N[C@@H](C)C(=O)CCCC[C@H](N)C(=O)N[C@@H](CCCNC(=N)N)C(=O)N[C@H](C(=O)N[C@@H](CC(C)C)C(=O)N[C@@H](CSc1cccc(S(=O)(=O)F)c1)C(=O)N[C@@H](CC(C)C)C(=O)O)[C@@H](C)O. The van der Waals surface area contributed by atoms with Crippen LogP contribution in [0.5, 0.6) is 0 Å². The Hall–Kier alpha value is -5.62. The van der Waals surface area contributed by atoms with Gasteiger partial charge >= 0.3 is 16.2 Å². The molecule has 17 N–H and O–H groups in total. The van der Waals surface area contributed by atoms with Gasteiger partial charge in [0.25, 0.3) is 0 Å². The highest BCUT2D eigenvalue weighted by Crippen LogP contribution is 2.24. The number of guanidine groups is 1. The number of hydrogen-bond donors (Lipinski definition) is 14. The molecule has 0 aliphatic heterocycles. The molecule has 0 saturated heterocycles. The minimum absolute atomic E-state index is 0.0145. The van der Waals surface area contributed by atoms with Crippen molar-refractivity contribution in [2.45, 2.75) is 183 Å². The summed E-state index contributed by atoms with van der Waals surface area (Å²) >= 11 is 2.33. The number of aliphatic carboxylic acids is 1. The second kappa shape index (κ2) is 35.9. The van der Waals surface area contributed by atoms with E-state index in [0.717, 1.165) is 23.9 Å². The van der Waals surface area contributed by atoms with E-state index in [9.17, 15) is 65.7 Å². The van der Waals surface area contributed by atoms with Gasteiger partial charge in [-0.3, -0.25) is 43.8 Å². The average Bonchev–Trinajstić information content (AvgIpc) is 3.35. The van der Waals surface area contributed by atoms with Crippen LogP contribution in [0.15, 0.2) is 34.1 Å². The molecule has 0 radical (unpaired) electrons. The van der Waals surface area contributed by atoms with Crippen LogP contribution >= 0.6 is 23.5 Å². The summed E-state index contributed by atoms with van der Waals surface area (Å²) in [5, 5.41) is 48.5. The number of carboxylic acids is 1. The number of hydrogen-bond acceptors (Lipinski definition) is 17. The van der Waals surface area contributed by atoms with Gasteiger partial charge in [-0.05, 0) is 107 Å².